The summed E-state index contributed by atoms with van der Waals surface area (Å²) in [5, 5.41) is 2.65. The minimum Gasteiger partial charge on any atom is -0.463 e. The highest BCUT2D eigenvalue weighted by Crippen LogP contribution is 2.15. The first-order valence-electron chi connectivity index (χ1n) is 7.15. The lowest BCUT2D eigenvalue weighted by molar-refractivity contribution is -0.146. The zero-order valence-electron chi connectivity index (χ0n) is 13.2. The molecule has 0 rings (SSSR count). The van der Waals surface area contributed by atoms with Crippen LogP contribution in [0.4, 0.5) is 4.79 Å². The molecule has 0 heterocycles. The smallest absolute Gasteiger partial charge is 0.407 e. The van der Waals surface area contributed by atoms with Crippen molar-refractivity contribution in [2.24, 2.45) is 11.8 Å². The standard InChI is InChI=1S/C15H27NO5/c1-5-6-21-15(18)16-11-13(9-12(2)3)10-14(17)20-8-7-19-4/h5,12-13H,1,6-11H2,2-4H3,(H,16,18)/t13-/m0/s1. The molecule has 0 spiro atoms. The molecule has 1 amide bonds. The molecule has 1 atom stereocenters. The monoisotopic (exact) mass is 301 g/mol. The van der Waals surface area contributed by atoms with Gasteiger partial charge in [-0.05, 0) is 18.3 Å². The van der Waals surface area contributed by atoms with Crippen molar-refractivity contribution in [3.63, 3.8) is 0 Å². The lowest BCUT2D eigenvalue weighted by Crippen LogP contribution is -2.32. The van der Waals surface area contributed by atoms with Crippen molar-refractivity contribution in [2.75, 3.05) is 33.5 Å². The number of hydrogen-bond acceptors (Lipinski definition) is 5. The molecule has 0 aromatic rings. The van der Waals surface area contributed by atoms with Gasteiger partial charge in [0.25, 0.3) is 0 Å². The number of rotatable bonds is 11. The molecule has 0 fully saturated rings. The number of methoxy groups -OCH3 is 1. The van der Waals surface area contributed by atoms with Crippen molar-refractivity contribution < 1.29 is 23.8 Å². The highest BCUT2D eigenvalue weighted by atomic mass is 16.6. The van der Waals surface area contributed by atoms with E-state index in [-0.39, 0.29) is 31.5 Å². The zero-order valence-corrected chi connectivity index (χ0v) is 13.2. The summed E-state index contributed by atoms with van der Waals surface area (Å²) < 4.78 is 14.7. The van der Waals surface area contributed by atoms with Gasteiger partial charge in [-0.15, -0.1) is 0 Å². The fourth-order valence-electron chi connectivity index (χ4n) is 1.85. The highest BCUT2D eigenvalue weighted by Gasteiger charge is 2.17. The number of nitrogens with one attached hydrogen (secondary N) is 1. The second-order valence-electron chi connectivity index (χ2n) is 5.18. The molecule has 21 heavy (non-hydrogen) atoms. The quantitative estimate of drug-likeness (QED) is 0.359. The lowest BCUT2D eigenvalue weighted by Gasteiger charge is -2.18. The van der Waals surface area contributed by atoms with Crippen LogP contribution in [-0.4, -0.2) is 45.5 Å². The van der Waals surface area contributed by atoms with Crippen LogP contribution in [0.3, 0.4) is 0 Å². The van der Waals surface area contributed by atoms with Gasteiger partial charge in [-0.2, -0.15) is 0 Å². The third-order valence-electron chi connectivity index (χ3n) is 2.68. The van der Waals surface area contributed by atoms with Crippen LogP contribution in [0.5, 0.6) is 0 Å². The number of amides is 1. The van der Waals surface area contributed by atoms with Gasteiger partial charge in [0.1, 0.15) is 13.2 Å². The molecule has 0 saturated heterocycles. The fourth-order valence-corrected chi connectivity index (χ4v) is 1.85. The van der Waals surface area contributed by atoms with Crippen molar-refractivity contribution in [3.05, 3.63) is 12.7 Å². The van der Waals surface area contributed by atoms with Gasteiger partial charge in [0, 0.05) is 13.7 Å². The van der Waals surface area contributed by atoms with E-state index in [4.69, 9.17) is 14.2 Å². The minimum absolute atomic E-state index is 0.0244. The van der Waals surface area contributed by atoms with Gasteiger partial charge in [-0.1, -0.05) is 26.5 Å². The second kappa shape index (κ2) is 12.2. The van der Waals surface area contributed by atoms with Crippen LogP contribution in [0.15, 0.2) is 12.7 Å². The van der Waals surface area contributed by atoms with Gasteiger partial charge < -0.3 is 19.5 Å². The SMILES string of the molecule is C=CCOC(=O)NC[C@H](CC(=O)OCCOC)CC(C)C. The minimum atomic E-state index is -0.503. The van der Waals surface area contributed by atoms with Crippen molar-refractivity contribution in [1.29, 1.82) is 0 Å². The molecule has 122 valence electrons. The molecule has 0 aliphatic carbocycles. The van der Waals surface area contributed by atoms with Crippen molar-refractivity contribution in [3.8, 4) is 0 Å². The van der Waals surface area contributed by atoms with E-state index in [1.807, 2.05) is 0 Å². The molecule has 0 unspecified atom stereocenters. The first kappa shape index (κ1) is 19.4. The van der Waals surface area contributed by atoms with Crippen LogP contribution in [-0.2, 0) is 19.0 Å². The molecule has 0 aromatic carbocycles. The van der Waals surface area contributed by atoms with E-state index in [1.165, 1.54) is 6.08 Å². The summed E-state index contributed by atoms with van der Waals surface area (Å²) in [6.07, 6.45) is 2.08. The average molecular weight is 301 g/mol. The first-order valence-corrected chi connectivity index (χ1v) is 7.15. The van der Waals surface area contributed by atoms with Crippen LogP contribution in [0.25, 0.3) is 0 Å². The molecule has 0 saturated carbocycles. The lowest BCUT2D eigenvalue weighted by atomic mass is 9.94. The number of carbonyl (C=O) groups excluding carboxylic acids is 2. The molecule has 1 N–H and O–H groups in total. The predicted octanol–water partition coefficient (Wildman–Crippen LogP) is 2.14. The van der Waals surface area contributed by atoms with E-state index < -0.39 is 6.09 Å². The number of esters is 1. The van der Waals surface area contributed by atoms with Gasteiger partial charge in [0.15, 0.2) is 0 Å². The van der Waals surface area contributed by atoms with E-state index >= 15 is 0 Å². The number of alkyl carbamates (subject to hydrolysis) is 1. The summed E-state index contributed by atoms with van der Waals surface area (Å²) in [5.74, 6) is 0.169. The Morgan fingerprint density at radius 2 is 1.95 bits per heavy atom. The maximum Gasteiger partial charge on any atom is 0.407 e. The Morgan fingerprint density at radius 3 is 2.52 bits per heavy atom. The van der Waals surface area contributed by atoms with E-state index in [1.54, 1.807) is 7.11 Å². The van der Waals surface area contributed by atoms with E-state index in [0.29, 0.717) is 19.1 Å². The largest absolute Gasteiger partial charge is 0.463 e. The molecule has 6 nitrogen and oxygen atoms in total. The number of carbonyl (C=O) groups is 2. The zero-order chi connectivity index (χ0) is 16.1. The Bertz CT molecular complexity index is 317. The molecule has 0 aliphatic heterocycles. The summed E-state index contributed by atoms with van der Waals surface area (Å²) >= 11 is 0. The van der Waals surface area contributed by atoms with Crippen molar-refractivity contribution in [2.45, 2.75) is 26.7 Å². The molecule has 0 aliphatic rings. The van der Waals surface area contributed by atoms with Crippen LogP contribution in [0.1, 0.15) is 26.7 Å². The van der Waals surface area contributed by atoms with Crippen LogP contribution >= 0.6 is 0 Å². The average Bonchev–Trinajstić information content (AvgIpc) is 2.42. The number of ether oxygens (including phenoxy) is 3. The Labute approximate surface area is 126 Å². The third-order valence-corrected chi connectivity index (χ3v) is 2.68. The molecular formula is C15H27NO5. The second-order valence-corrected chi connectivity index (χ2v) is 5.18. The highest BCUT2D eigenvalue weighted by molar-refractivity contribution is 5.70. The summed E-state index contributed by atoms with van der Waals surface area (Å²) in [6, 6.07) is 0. The molecule has 6 heteroatoms. The summed E-state index contributed by atoms with van der Waals surface area (Å²) in [7, 11) is 1.55. The van der Waals surface area contributed by atoms with Gasteiger partial charge in [-0.3, -0.25) is 4.79 Å². The topological polar surface area (TPSA) is 73.9 Å². The Kier molecular flexibility index (Phi) is 11.3. The Balaban J connectivity index is 4.15. The third kappa shape index (κ3) is 11.9. The molecule has 0 bridgehead atoms. The van der Waals surface area contributed by atoms with E-state index in [0.717, 1.165) is 6.42 Å². The van der Waals surface area contributed by atoms with Gasteiger partial charge in [0.2, 0.25) is 0 Å². The summed E-state index contributed by atoms with van der Waals surface area (Å²) in [6.45, 7) is 8.78. The summed E-state index contributed by atoms with van der Waals surface area (Å²) in [4.78, 5) is 23.1. The predicted molar refractivity (Wildman–Crippen MR) is 79.9 cm³/mol. The molecule has 0 radical (unpaired) electrons. The van der Waals surface area contributed by atoms with Gasteiger partial charge >= 0.3 is 12.1 Å². The summed E-state index contributed by atoms with van der Waals surface area (Å²) in [5.41, 5.74) is 0. The van der Waals surface area contributed by atoms with Gasteiger partial charge in [-0.25, -0.2) is 4.79 Å². The van der Waals surface area contributed by atoms with Crippen molar-refractivity contribution >= 4 is 12.1 Å². The van der Waals surface area contributed by atoms with Crippen LogP contribution in [0, 0.1) is 11.8 Å². The molecular weight excluding hydrogens is 274 g/mol. The normalized spacial score (nSPS) is 11.8. The fraction of sp³-hybridized carbons (Fsp3) is 0.733. The Morgan fingerprint density at radius 1 is 1.24 bits per heavy atom. The van der Waals surface area contributed by atoms with Crippen molar-refractivity contribution in [1.82, 2.24) is 5.32 Å². The van der Waals surface area contributed by atoms with E-state index in [9.17, 15) is 9.59 Å². The maximum atomic E-state index is 11.7. The van der Waals surface area contributed by atoms with Crippen LogP contribution < -0.4 is 5.32 Å². The maximum absolute atomic E-state index is 11.7. The van der Waals surface area contributed by atoms with Crippen LogP contribution in [0.2, 0.25) is 0 Å². The van der Waals surface area contributed by atoms with E-state index in [2.05, 4.69) is 25.7 Å². The first-order chi connectivity index (χ1) is 9.99. The molecule has 0 aromatic heterocycles. The number of hydrogen-bond donors (Lipinski definition) is 1. The van der Waals surface area contributed by atoms with Gasteiger partial charge in [0.05, 0.1) is 13.0 Å². The Hall–Kier alpha value is -1.56.